The van der Waals surface area contributed by atoms with Crippen LogP contribution in [-0.4, -0.2) is 65.7 Å². The van der Waals surface area contributed by atoms with Gasteiger partial charge in [0, 0.05) is 45.7 Å². The lowest BCUT2D eigenvalue weighted by molar-refractivity contribution is -0.133. The Morgan fingerprint density at radius 1 is 1.21 bits per heavy atom. The highest BCUT2D eigenvalue weighted by atomic mass is 16.5. The molecule has 1 amide bonds. The fourth-order valence-electron chi connectivity index (χ4n) is 3.95. The monoisotopic (exact) mass is 398 g/mol. The summed E-state index contributed by atoms with van der Waals surface area (Å²) in [6.07, 6.45) is 6.88. The smallest absolute Gasteiger partial charge is 0.242 e. The molecule has 1 fully saturated rings. The van der Waals surface area contributed by atoms with E-state index in [1.807, 2.05) is 22.6 Å². The zero-order valence-corrected chi connectivity index (χ0v) is 18.0. The number of carbonyl (C=O) groups is 1. The number of hydrogen-bond donors (Lipinski definition) is 0. The number of aromatic nitrogens is 2. The molecule has 1 aromatic heterocycles. The number of likely N-dealkylation sites (tertiary alicyclic amines) is 1. The molecule has 0 N–H and O–H groups in total. The molecule has 2 heterocycles. The van der Waals surface area contributed by atoms with E-state index < -0.39 is 0 Å². The number of aryl methyl sites for hydroxylation is 1. The molecular formula is C23H34N4O2. The summed E-state index contributed by atoms with van der Waals surface area (Å²) in [6, 6.07) is 9.01. The number of carbonyl (C=O) groups excluding carboxylic acids is 1. The summed E-state index contributed by atoms with van der Waals surface area (Å²) in [5.41, 5.74) is 2.73. The van der Waals surface area contributed by atoms with Gasteiger partial charge >= 0.3 is 0 Å². The minimum atomic E-state index is 0.200. The predicted molar refractivity (Wildman–Crippen MR) is 115 cm³/mol. The third-order valence-corrected chi connectivity index (χ3v) is 5.87. The van der Waals surface area contributed by atoms with Gasteiger partial charge in [0.1, 0.15) is 12.4 Å². The van der Waals surface area contributed by atoms with Gasteiger partial charge < -0.3 is 14.2 Å². The maximum atomic E-state index is 12.5. The third-order valence-electron chi connectivity index (χ3n) is 5.87. The van der Waals surface area contributed by atoms with E-state index in [1.165, 1.54) is 11.1 Å². The van der Waals surface area contributed by atoms with Crippen LogP contribution in [0.1, 0.15) is 29.8 Å². The van der Waals surface area contributed by atoms with Crippen molar-refractivity contribution < 1.29 is 9.53 Å². The van der Waals surface area contributed by atoms with E-state index in [0.29, 0.717) is 12.5 Å². The zero-order chi connectivity index (χ0) is 20.6. The number of nitrogens with zero attached hydrogens (tertiary/aromatic N) is 4. The topological polar surface area (TPSA) is 50.6 Å². The second-order valence-corrected chi connectivity index (χ2v) is 8.18. The van der Waals surface area contributed by atoms with Crippen LogP contribution in [-0.2, 0) is 29.0 Å². The molecule has 1 aromatic carbocycles. The predicted octanol–water partition coefficient (Wildman–Crippen LogP) is 2.75. The number of rotatable bonds is 9. The SMILES string of the molecule is COCCN(C)Cc1ccc(CC2CCN(C(=O)Cn3ccnc3C)CC2)cc1. The molecule has 0 atom stereocenters. The van der Waals surface area contributed by atoms with Crippen molar-refractivity contribution in [3.8, 4) is 0 Å². The molecule has 0 spiro atoms. The Morgan fingerprint density at radius 3 is 2.52 bits per heavy atom. The van der Waals surface area contributed by atoms with Crippen LogP contribution in [0.25, 0.3) is 0 Å². The molecule has 1 aliphatic rings. The van der Waals surface area contributed by atoms with Gasteiger partial charge in [0.25, 0.3) is 0 Å². The first-order valence-corrected chi connectivity index (χ1v) is 10.6. The van der Waals surface area contributed by atoms with Crippen LogP contribution in [0.4, 0.5) is 0 Å². The number of likely N-dealkylation sites (N-methyl/N-ethyl adjacent to an activating group) is 1. The lowest BCUT2D eigenvalue weighted by atomic mass is 9.90. The normalized spacial score (nSPS) is 15.2. The summed E-state index contributed by atoms with van der Waals surface area (Å²) >= 11 is 0. The number of amides is 1. The Kier molecular flexibility index (Phi) is 7.83. The number of ether oxygens (including phenoxy) is 1. The van der Waals surface area contributed by atoms with Gasteiger partial charge in [0.15, 0.2) is 0 Å². The number of hydrogen-bond acceptors (Lipinski definition) is 4. The Bertz CT molecular complexity index is 763. The number of methoxy groups -OCH3 is 1. The van der Waals surface area contributed by atoms with E-state index in [1.54, 1.807) is 13.3 Å². The Labute approximate surface area is 174 Å². The average Bonchev–Trinajstić information content (AvgIpc) is 3.13. The van der Waals surface area contributed by atoms with Crippen molar-refractivity contribution in [3.05, 3.63) is 53.6 Å². The molecule has 0 aliphatic carbocycles. The number of benzene rings is 1. The minimum absolute atomic E-state index is 0.200. The first-order valence-electron chi connectivity index (χ1n) is 10.6. The van der Waals surface area contributed by atoms with Crippen LogP contribution in [0.2, 0.25) is 0 Å². The summed E-state index contributed by atoms with van der Waals surface area (Å²) in [4.78, 5) is 21.0. The second-order valence-electron chi connectivity index (χ2n) is 8.18. The molecular weight excluding hydrogens is 364 g/mol. The van der Waals surface area contributed by atoms with E-state index in [-0.39, 0.29) is 5.91 Å². The van der Waals surface area contributed by atoms with Gasteiger partial charge in [0.05, 0.1) is 6.61 Å². The highest BCUT2D eigenvalue weighted by Crippen LogP contribution is 2.22. The molecule has 29 heavy (non-hydrogen) atoms. The Hall–Kier alpha value is -2.18. The highest BCUT2D eigenvalue weighted by molar-refractivity contribution is 5.76. The number of imidazole rings is 1. The molecule has 0 unspecified atom stereocenters. The molecule has 0 bridgehead atoms. The summed E-state index contributed by atoms with van der Waals surface area (Å²) in [5, 5.41) is 0. The highest BCUT2D eigenvalue weighted by Gasteiger charge is 2.23. The molecule has 2 aromatic rings. The lowest BCUT2D eigenvalue weighted by Crippen LogP contribution is -2.40. The maximum Gasteiger partial charge on any atom is 0.242 e. The van der Waals surface area contributed by atoms with Gasteiger partial charge in [-0.1, -0.05) is 24.3 Å². The number of piperidine rings is 1. The maximum absolute atomic E-state index is 12.5. The van der Waals surface area contributed by atoms with Gasteiger partial charge in [-0.05, 0) is 50.3 Å². The van der Waals surface area contributed by atoms with E-state index in [4.69, 9.17) is 4.74 Å². The summed E-state index contributed by atoms with van der Waals surface area (Å²) in [5.74, 6) is 1.75. The van der Waals surface area contributed by atoms with Gasteiger partial charge in [-0.15, -0.1) is 0 Å². The lowest BCUT2D eigenvalue weighted by Gasteiger charge is -2.32. The fourth-order valence-corrected chi connectivity index (χ4v) is 3.95. The van der Waals surface area contributed by atoms with Gasteiger partial charge in [-0.3, -0.25) is 9.69 Å². The standard InChI is InChI=1S/C23H34N4O2/c1-19-24-10-13-27(19)18-23(28)26-11-8-21(9-12-26)16-20-4-6-22(7-5-20)17-25(2)14-15-29-3/h4-7,10,13,21H,8-9,11-12,14-18H2,1-3H3. The van der Waals surface area contributed by atoms with Crippen molar-refractivity contribution in [1.29, 1.82) is 0 Å². The molecule has 0 radical (unpaired) electrons. The van der Waals surface area contributed by atoms with Crippen molar-refractivity contribution in [2.45, 2.75) is 39.3 Å². The van der Waals surface area contributed by atoms with Crippen molar-refractivity contribution in [2.75, 3.05) is 40.4 Å². The molecule has 1 saturated heterocycles. The second kappa shape index (κ2) is 10.6. The first kappa shape index (κ1) is 21.5. The Balaban J connectivity index is 1.42. The van der Waals surface area contributed by atoms with Gasteiger partial charge in [0.2, 0.25) is 5.91 Å². The van der Waals surface area contributed by atoms with Crippen LogP contribution in [0.3, 0.4) is 0 Å². The molecule has 158 valence electrons. The van der Waals surface area contributed by atoms with Crippen LogP contribution < -0.4 is 0 Å². The summed E-state index contributed by atoms with van der Waals surface area (Å²) in [7, 11) is 3.86. The van der Waals surface area contributed by atoms with Crippen LogP contribution >= 0.6 is 0 Å². The van der Waals surface area contributed by atoms with Crippen molar-refractivity contribution in [1.82, 2.24) is 19.4 Å². The van der Waals surface area contributed by atoms with Crippen LogP contribution in [0.5, 0.6) is 0 Å². The van der Waals surface area contributed by atoms with Crippen molar-refractivity contribution in [3.63, 3.8) is 0 Å². The van der Waals surface area contributed by atoms with E-state index >= 15 is 0 Å². The summed E-state index contributed by atoms with van der Waals surface area (Å²) in [6.45, 7) is 6.70. The van der Waals surface area contributed by atoms with Crippen molar-refractivity contribution >= 4 is 5.91 Å². The summed E-state index contributed by atoms with van der Waals surface area (Å²) < 4.78 is 7.06. The van der Waals surface area contributed by atoms with Crippen LogP contribution in [0.15, 0.2) is 36.7 Å². The third kappa shape index (κ3) is 6.41. The molecule has 6 heteroatoms. The van der Waals surface area contributed by atoms with Crippen LogP contribution in [0, 0.1) is 12.8 Å². The van der Waals surface area contributed by atoms with Gasteiger partial charge in [-0.2, -0.15) is 0 Å². The largest absolute Gasteiger partial charge is 0.383 e. The van der Waals surface area contributed by atoms with E-state index in [9.17, 15) is 4.79 Å². The molecule has 6 nitrogen and oxygen atoms in total. The quantitative estimate of drug-likeness (QED) is 0.652. The zero-order valence-electron chi connectivity index (χ0n) is 18.0. The average molecular weight is 399 g/mol. The van der Waals surface area contributed by atoms with E-state index in [2.05, 4.69) is 41.2 Å². The molecule has 3 rings (SSSR count). The Morgan fingerprint density at radius 2 is 1.90 bits per heavy atom. The molecule has 0 saturated carbocycles. The fraction of sp³-hybridized carbons (Fsp3) is 0.565. The van der Waals surface area contributed by atoms with E-state index in [0.717, 1.165) is 57.9 Å². The first-order chi connectivity index (χ1) is 14.0. The van der Waals surface area contributed by atoms with Gasteiger partial charge in [-0.25, -0.2) is 4.98 Å². The molecule has 1 aliphatic heterocycles. The minimum Gasteiger partial charge on any atom is -0.383 e. The van der Waals surface area contributed by atoms with Crippen molar-refractivity contribution in [2.24, 2.45) is 5.92 Å².